The topological polar surface area (TPSA) is 61.8 Å². The molecule has 0 bridgehead atoms. The van der Waals surface area contributed by atoms with E-state index in [2.05, 4.69) is 0 Å². The summed E-state index contributed by atoms with van der Waals surface area (Å²) in [6.45, 7) is 0. The number of hydrogen-bond acceptors (Lipinski definition) is 5. The zero-order valence-electron chi connectivity index (χ0n) is 11.9. The molecule has 1 aromatic carbocycles. The molecule has 108 valence electrons. The molecule has 20 heavy (non-hydrogen) atoms. The number of ether oxygens (including phenoxy) is 3. The van der Waals surface area contributed by atoms with Gasteiger partial charge in [-0.05, 0) is 6.07 Å². The van der Waals surface area contributed by atoms with Gasteiger partial charge in [-0.1, -0.05) is 0 Å². The summed E-state index contributed by atoms with van der Waals surface area (Å²) in [5.74, 6) is 1.52. The van der Waals surface area contributed by atoms with Crippen molar-refractivity contribution in [3.05, 3.63) is 17.7 Å². The molecule has 5 nitrogen and oxygen atoms in total. The van der Waals surface area contributed by atoms with Crippen molar-refractivity contribution in [2.75, 3.05) is 21.3 Å². The smallest absolute Gasteiger partial charge is 0.164 e. The average Bonchev–Trinajstić information content (AvgIpc) is 2.44. The minimum Gasteiger partial charge on any atom is -0.496 e. The first-order chi connectivity index (χ1) is 9.58. The highest BCUT2D eigenvalue weighted by molar-refractivity contribution is 6.02. The lowest BCUT2D eigenvalue weighted by atomic mass is 9.82. The summed E-state index contributed by atoms with van der Waals surface area (Å²) in [6, 6.07) is 3.51. The van der Waals surface area contributed by atoms with E-state index in [1.807, 2.05) is 0 Å². The van der Waals surface area contributed by atoms with Gasteiger partial charge in [0, 0.05) is 30.4 Å². The lowest BCUT2D eigenvalue weighted by Gasteiger charge is -2.23. The largest absolute Gasteiger partial charge is 0.496 e. The third-order valence-electron chi connectivity index (χ3n) is 3.52. The van der Waals surface area contributed by atoms with Gasteiger partial charge in [0.05, 0.1) is 27.8 Å². The fourth-order valence-corrected chi connectivity index (χ4v) is 2.58. The highest BCUT2D eigenvalue weighted by atomic mass is 16.5. The number of benzene rings is 1. The number of methoxy groups -OCH3 is 3. The Bertz CT molecular complexity index is 519. The second kappa shape index (κ2) is 5.94. The number of carbonyl (C=O) groups is 2. The molecule has 5 heteroatoms. The van der Waals surface area contributed by atoms with Crippen LogP contribution in [0.2, 0.25) is 0 Å². The highest BCUT2D eigenvalue weighted by Gasteiger charge is 2.29. The van der Waals surface area contributed by atoms with Gasteiger partial charge in [-0.25, -0.2) is 0 Å². The third-order valence-corrected chi connectivity index (χ3v) is 3.52. The summed E-state index contributed by atoms with van der Waals surface area (Å²) in [5, 5.41) is 0. The van der Waals surface area contributed by atoms with Crippen LogP contribution in [0.5, 0.6) is 17.2 Å². The summed E-state index contributed by atoms with van der Waals surface area (Å²) in [7, 11) is 4.65. The van der Waals surface area contributed by atoms with Crippen LogP contribution in [0, 0.1) is 0 Å². The van der Waals surface area contributed by atoms with E-state index in [4.69, 9.17) is 14.2 Å². The summed E-state index contributed by atoms with van der Waals surface area (Å²) < 4.78 is 15.8. The monoisotopic (exact) mass is 278 g/mol. The van der Waals surface area contributed by atoms with E-state index in [0.717, 1.165) is 5.56 Å². The van der Waals surface area contributed by atoms with Crippen LogP contribution in [0.25, 0.3) is 0 Å². The van der Waals surface area contributed by atoms with E-state index >= 15 is 0 Å². The van der Waals surface area contributed by atoms with E-state index in [-0.39, 0.29) is 23.9 Å². The maximum atomic E-state index is 11.6. The standard InChI is InChI=1S/C15H18O5/c1-18-13-8-15(20-3)14(19-2)7-12(13)9-4-10(16)6-11(17)5-9/h7-9H,4-6H2,1-3H3. The van der Waals surface area contributed by atoms with E-state index in [9.17, 15) is 9.59 Å². The van der Waals surface area contributed by atoms with Crippen LogP contribution < -0.4 is 14.2 Å². The predicted octanol–water partition coefficient (Wildman–Crippen LogP) is 2.12. The second-order valence-electron chi connectivity index (χ2n) is 4.81. The van der Waals surface area contributed by atoms with E-state index in [0.29, 0.717) is 30.1 Å². The molecule has 0 radical (unpaired) electrons. The number of rotatable bonds is 4. The Morgan fingerprint density at radius 1 is 0.850 bits per heavy atom. The van der Waals surface area contributed by atoms with Crippen molar-refractivity contribution in [1.82, 2.24) is 0 Å². The van der Waals surface area contributed by atoms with Crippen LogP contribution >= 0.6 is 0 Å². The van der Waals surface area contributed by atoms with Gasteiger partial charge in [0.15, 0.2) is 11.5 Å². The van der Waals surface area contributed by atoms with Crippen molar-refractivity contribution >= 4 is 11.6 Å². The first-order valence-electron chi connectivity index (χ1n) is 6.42. The minimum absolute atomic E-state index is 0.0249. The van der Waals surface area contributed by atoms with Crippen LogP contribution in [0.4, 0.5) is 0 Å². The fraction of sp³-hybridized carbons (Fsp3) is 0.467. The molecule has 0 saturated heterocycles. The molecule has 2 rings (SSSR count). The first kappa shape index (κ1) is 14.4. The van der Waals surface area contributed by atoms with Crippen LogP contribution in [0.3, 0.4) is 0 Å². The quantitative estimate of drug-likeness (QED) is 0.789. The molecule has 0 aromatic heterocycles. The molecular weight excluding hydrogens is 260 g/mol. The van der Waals surface area contributed by atoms with Crippen molar-refractivity contribution in [3.63, 3.8) is 0 Å². The van der Waals surface area contributed by atoms with E-state index in [1.165, 1.54) is 0 Å². The van der Waals surface area contributed by atoms with Crippen molar-refractivity contribution in [3.8, 4) is 17.2 Å². The molecule has 1 fully saturated rings. The van der Waals surface area contributed by atoms with Gasteiger partial charge in [-0.2, -0.15) is 0 Å². The molecular formula is C15H18O5. The average molecular weight is 278 g/mol. The molecule has 0 amide bonds. The molecule has 0 N–H and O–H groups in total. The Labute approximate surface area is 117 Å². The number of Topliss-reactive ketones (excluding diaryl/α,β-unsaturated/α-hetero) is 2. The Balaban J connectivity index is 2.43. The van der Waals surface area contributed by atoms with Gasteiger partial charge in [0.1, 0.15) is 17.3 Å². The predicted molar refractivity (Wildman–Crippen MR) is 72.7 cm³/mol. The molecule has 0 unspecified atom stereocenters. The molecule has 1 aliphatic rings. The molecule has 0 aliphatic heterocycles. The number of ketones is 2. The van der Waals surface area contributed by atoms with Gasteiger partial charge in [-0.15, -0.1) is 0 Å². The number of carbonyl (C=O) groups excluding carboxylic acids is 2. The molecule has 1 aromatic rings. The van der Waals surface area contributed by atoms with Crippen molar-refractivity contribution < 1.29 is 23.8 Å². The summed E-state index contributed by atoms with van der Waals surface area (Å²) in [5.41, 5.74) is 0.812. The SMILES string of the molecule is COc1cc(OC)c(C2CC(=O)CC(=O)C2)cc1OC. The molecule has 0 atom stereocenters. The number of hydrogen-bond donors (Lipinski definition) is 0. The van der Waals surface area contributed by atoms with Gasteiger partial charge < -0.3 is 14.2 Å². The Morgan fingerprint density at radius 3 is 1.85 bits per heavy atom. The lowest BCUT2D eigenvalue weighted by molar-refractivity contribution is -0.130. The maximum absolute atomic E-state index is 11.6. The third kappa shape index (κ3) is 2.76. The fourth-order valence-electron chi connectivity index (χ4n) is 2.58. The summed E-state index contributed by atoms with van der Waals surface area (Å²) in [6.07, 6.45) is 0.765. The maximum Gasteiger partial charge on any atom is 0.164 e. The van der Waals surface area contributed by atoms with Gasteiger partial charge in [-0.3, -0.25) is 9.59 Å². The Kier molecular flexibility index (Phi) is 4.27. The van der Waals surface area contributed by atoms with E-state index in [1.54, 1.807) is 33.5 Å². The zero-order valence-corrected chi connectivity index (χ0v) is 11.9. The Morgan fingerprint density at radius 2 is 1.35 bits per heavy atom. The van der Waals surface area contributed by atoms with Crippen LogP contribution in [0.1, 0.15) is 30.7 Å². The van der Waals surface area contributed by atoms with Crippen molar-refractivity contribution in [2.24, 2.45) is 0 Å². The zero-order chi connectivity index (χ0) is 14.7. The molecule has 0 heterocycles. The van der Waals surface area contributed by atoms with Crippen LogP contribution in [-0.2, 0) is 9.59 Å². The summed E-state index contributed by atoms with van der Waals surface area (Å²) >= 11 is 0. The van der Waals surface area contributed by atoms with Gasteiger partial charge in [0.25, 0.3) is 0 Å². The van der Waals surface area contributed by atoms with Crippen LogP contribution in [0.15, 0.2) is 12.1 Å². The first-order valence-corrected chi connectivity index (χ1v) is 6.42. The highest BCUT2D eigenvalue weighted by Crippen LogP contribution is 2.41. The van der Waals surface area contributed by atoms with Crippen molar-refractivity contribution in [1.29, 1.82) is 0 Å². The van der Waals surface area contributed by atoms with Gasteiger partial charge in [0.2, 0.25) is 0 Å². The van der Waals surface area contributed by atoms with Crippen molar-refractivity contribution in [2.45, 2.75) is 25.2 Å². The van der Waals surface area contributed by atoms with Gasteiger partial charge >= 0.3 is 0 Å². The molecule has 0 spiro atoms. The van der Waals surface area contributed by atoms with E-state index < -0.39 is 0 Å². The normalized spacial score (nSPS) is 16.1. The molecule has 1 saturated carbocycles. The summed E-state index contributed by atoms with van der Waals surface area (Å²) in [4.78, 5) is 23.2. The second-order valence-corrected chi connectivity index (χ2v) is 4.81. The lowest BCUT2D eigenvalue weighted by Crippen LogP contribution is -2.21. The van der Waals surface area contributed by atoms with Crippen LogP contribution in [-0.4, -0.2) is 32.9 Å². The minimum atomic E-state index is -0.154. The molecule has 1 aliphatic carbocycles. The Hall–Kier alpha value is -2.04.